The van der Waals surface area contributed by atoms with E-state index in [0.29, 0.717) is 16.1 Å². The maximum atomic E-state index is 11.9. The Morgan fingerprint density at radius 3 is 2.57 bits per heavy atom. The van der Waals surface area contributed by atoms with Gasteiger partial charge in [-0.15, -0.1) is 0 Å². The van der Waals surface area contributed by atoms with Crippen molar-refractivity contribution in [2.45, 2.75) is 0 Å². The van der Waals surface area contributed by atoms with E-state index in [1.165, 1.54) is 30.3 Å². The Hall–Kier alpha value is -2.99. The number of halogens is 1. The third-order valence-corrected chi connectivity index (χ3v) is 3.33. The van der Waals surface area contributed by atoms with Gasteiger partial charge in [-0.25, -0.2) is 9.79 Å². The van der Waals surface area contributed by atoms with Crippen molar-refractivity contribution >= 4 is 35.2 Å². The first-order valence-corrected chi connectivity index (χ1v) is 6.94. The average Bonchev–Trinajstić information content (AvgIpc) is 2.89. The number of carbonyl (C=O) groups excluding carboxylic acids is 1. The quantitative estimate of drug-likeness (QED) is 0.373. The fourth-order valence-electron chi connectivity index (χ4n) is 2.00. The van der Waals surface area contributed by atoms with Crippen molar-refractivity contribution in [2.75, 3.05) is 0 Å². The number of nitro benzene ring substituents is 1. The number of hydrogen-bond donors (Lipinski definition) is 0. The Balaban J connectivity index is 1.90. The van der Waals surface area contributed by atoms with Gasteiger partial charge in [-0.05, 0) is 42.0 Å². The Bertz CT molecular complexity index is 857. The molecule has 0 bridgehead atoms. The average molecular weight is 329 g/mol. The molecule has 0 amide bonds. The summed E-state index contributed by atoms with van der Waals surface area (Å²) in [7, 11) is 0. The second-order valence-electron chi connectivity index (χ2n) is 4.70. The standard InChI is InChI=1S/C16H9ClN2O4/c17-12-3-1-2-11(9-12)15-18-14(16(20)23-15)8-10-4-6-13(7-5-10)19(21)22/h1-9H. The van der Waals surface area contributed by atoms with Crippen molar-refractivity contribution < 1.29 is 14.5 Å². The van der Waals surface area contributed by atoms with Crippen LogP contribution in [0.15, 0.2) is 59.2 Å². The van der Waals surface area contributed by atoms with Gasteiger partial charge in [0.2, 0.25) is 5.90 Å². The number of carbonyl (C=O) groups is 1. The van der Waals surface area contributed by atoms with E-state index in [-0.39, 0.29) is 17.3 Å². The molecule has 0 saturated heterocycles. The van der Waals surface area contributed by atoms with Crippen molar-refractivity contribution in [3.05, 3.63) is 80.5 Å². The monoisotopic (exact) mass is 328 g/mol. The molecule has 0 aromatic heterocycles. The summed E-state index contributed by atoms with van der Waals surface area (Å²) in [5, 5.41) is 11.1. The third kappa shape index (κ3) is 3.27. The largest absolute Gasteiger partial charge is 0.402 e. The molecule has 0 saturated carbocycles. The van der Waals surface area contributed by atoms with Gasteiger partial charge >= 0.3 is 5.97 Å². The molecule has 0 aliphatic carbocycles. The smallest absolute Gasteiger partial charge is 0.363 e. The van der Waals surface area contributed by atoms with E-state index >= 15 is 0 Å². The molecule has 0 N–H and O–H groups in total. The predicted octanol–water partition coefficient (Wildman–Crippen LogP) is 3.59. The molecular formula is C16H9ClN2O4. The zero-order valence-corrected chi connectivity index (χ0v) is 12.4. The summed E-state index contributed by atoms with van der Waals surface area (Å²) in [6, 6.07) is 12.6. The zero-order chi connectivity index (χ0) is 16.4. The summed E-state index contributed by atoms with van der Waals surface area (Å²) in [6.07, 6.45) is 1.50. The molecule has 0 unspecified atom stereocenters. The van der Waals surface area contributed by atoms with Gasteiger partial charge in [-0.2, -0.15) is 0 Å². The maximum absolute atomic E-state index is 11.9. The number of hydrogen-bond acceptors (Lipinski definition) is 5. The number of non-ortho nitro benzene ring substituents is 1. The highest BCUT2D eigenvalue weighted by Crippen LogP contribution is 2.21. The summed E-state index contributed by atoms with van der Waals surface area (Å²) >= 11 is 5.90. The number of benzene rings is 2. The van der Waals surface area contributed by atoms with Gasteiger partial charge in [0.25, 0.3) is 5.69 Å². The Morgan fingerprint density at radius 2 is 1.91 bits per heavy atom. The van der Waals surface area contributed by atoms with Crippen molar-refractivity contribution in [1.29, 1.82) is 0 Å². The van der Waals surface area contributed by atoms with Crippen molar-refractivity contribution in [2.24, 2.45) is 4.99 Å². The molecule has 1 aliphatic rings. The van der Waals surface area contributed by atoms with Crippen LogP contribution < -0.4 is 0 Å². The van der Waals surface area contributed by atoms with E-state index < -0.39 is 10.9 Å². The molecule has 7 heteroatoms. The third-order valence-electron chi connectivity index (χ3n) is 3.10. The minimum Gasteiger partial charge on any atom is -0.402 e. The number of aliphatic imine (C=N–C) groups is 1. The summed E-state index contributed by atoms with van der Waals surface area (Å²) in [5.74, 6) is -0.413. The molecule has 114 valence electrons. The van der Waals surface area contributed by atoms with Gasteiger partial charge in [0, 0.05) is 22.7 Å². The molecule has 1 heterocycles. The molecule has 2 aromatic carbocycles. The fraction of sp³-hybridized carbons (Fsp3) is 0. The Kier molecular flexibility index (Phi) is 3.91. The molecule has 3 rings (SSSR count). The first kappa shape index (κ1) is 14.9. The van der Waals surface area contributed by atoms with E-state index in [9.17, 15) is 14.9 Å². The Labute approximate surface area is 135 Å². The van der Waals surface area contributed by atoms with Crippen LogP contribution in [0.2, 0.25) is 5.02 Å². The van der Waals surface area contributed by atoms with Crippen LogP contribution in [-0.2, 0) is 9.53 Å². The van der Waals surface area contributed by atoms with Gasteiger partial charge in [0.05, 0.1) is 4.92 Å². The zero-order valence-electron chi connectivity index (χ0n) is 11.6. The molecule has 2 aromatic rings. The highest BCUT2D eigenvalue weighted by Gasteiger charge is 2.24. The molecule has 0 fully saturated rings. The summed E-state index contributed by atoms with van der Waals surface area (Å²) in [6.45, 7) is 0. The van der Waals surface area contributed by atoms with Crippen LogP contribution in [0.4, 0.5) is 5.69 Å². The van der Waals surface area contributed by atoms with Crippen molar-refractivity contribution in [1.82, 2.24) is 0 Å². The normalized spacial score (nSPS) is 15.4. The van der Waals surface area contributed by atoms with Gasteiger partial charge in [-0.1, -0.05) is 17.7 Å². The first-order valence-electron chi connectivity index (χ1n) is 6.56. The molecule has 0 atom stereocenters. The number of esters is 1. The number of nitrogens with zero attached hydrogens (tertiary/aromatic N) is 2. The molecule has 0 spiro atoms. The number of ether oxygens (including phenoxy) is 1. The molecular weight excluding hydrogens is 320 g/mol. The van der Waals surface area contributed by atoms with Crippen LogP contribution in [0, 0.1) is 10.1 Å². The summed E-state index contributed by atoms with van der Waals surface area (Å²) < 4.78 is 5.13. The van der Waals surface area contributed by atoms with Gasteiger partial charge in [0.15, 0.2) is 5.70 Å². The van der Waals surface area contributed by atoms with Gasteiger partial charge in [0.1, 0.15) is 0 Å². The molecule has 23 heavy (non-hydrogen) atoms. The minimum absolute atomic E-state index is 0.0238. The van der Waals surface area contributed by atoms with Crippen LogP contribution in [0.25, 0.3) is 6.08 Å². The predicted molar refractivity (Wildman–Crippen MR) is 85.2 cm³/mol. The van der Waals surface area contributed by atoms with Crippen LogP contribution >= 0.6 is 11.6 Å². The second kappa shape index (κ2) is 6.02. The lowest BCUT2D eigenvalue weighted by Crippen LogP contribution is -2.05. The van der Waals surface area contributed by atoms with Crippen molar-refractivity contribution in [3.8, 4) is 0 Å². The fourth-order valence-corrected chi connectivity index (χ4v) is 2.19. The van der Waals surface area contributed by atoms with Gasteiger partial charge in [-0.3, -0.25) is 10.1 Å². The van der Waals surface area contributed by atoms with Crippen LogP contribution in [0.3, 0.4) is 0 Å². The van der Waals surface area contributed by atoms with Crippen LogP contribution in [0.5, 0.6) is 0 Å². The van der Waals surface area contributed by atoms with E-state index in [0.717, 1.165) is 0 Å². The number of cyclic esters (lactones) is 1. The van der Waals surface area contributed by atoms with E-state index in [1.54, 1.807) is 24.3 Å². The highest BCUT2D eigenvalue weighted by atomic mass is 35.5. The van der Waals surface area contributed by atoms with E-state index in [2.05, 4.69) is 4.99 Å². The molecule has 1 aliphatic heterocycles. The first-order chi connectivity index (χ1) is 11.0. The van der Waals surface area contributed by atoms with E-state index in [4.69, 9.17) is 16.3 Å². The number of rotatable bonds is 3. The lowest BCUT2D eigenvalue weighted by atomic mass is 10.2. The van der Waals surface area contributed by atoms with Crippen LogP contribution in [0.1, 0.15) is 11.1 Å². The van der Waals surface area contributed by atoms with E-state index in [1.807, 2.05) is 0 Å². The maximum Gasteiger partial charge on any atom is 0.363 e. The minimum atomic E-state index is -0.585. The lowest BCUT2D eigenvalue weighted by molar-refractivity contribution is -0.384. The number of nitro groups is 1. The Morgan fingerprint density at radius 1 is 1.17 bits per heavy atom. The summed E-state index contributed by atoms with van der Waals surface area (Å²) in [5.41, 5.74) is 1.30. The SMILES string of the molecule is O=C1OC(c2cccc(Cl)c2)=NC1=Cc1ccc([N+](=O)[O-])cc1. The topological polar surface area (TPSA) is 81.8 Å². The van der Waals surface area contributed by atoms with Crippen molar-refractivity contribution in [3.63, 3.8) is 0 Å². The van der Waals surface area contributed by atoms with Gasteiger partial charge < -0.3 is 4.74 Å². The molecule has 6 nitrogen and oxygen atoms in total. The molecule has 0 radical (unpaired) electrons. The highest BCUT2D eigenvalue weighted by molar-refractivity contribution is 6.31. The summed E-state index contributed by atoms with van der Waals surface area (Å²) in [4.78, 5) is 26.2. The second-order valence-corrected chi connectivity index (χ2v) is 5.13. The lowest BCUT2D eigenvalue weighted by Gasteiger charge is -1.98. The van der Waals surface area contributed by atoms with Crippen LogP contribution in [-0.4, -0.2) is 16.8 Å².